The Labute approximate surface area is 121 Å². The molecule has 1 aliphatic carbocycles. The van der Waals surface area contributed by atoms with Crippen molar-refractivity contribution in [2.24, 2.45) is 0 Å². The van der Waals surface area contributed by atoms with Gasteiger partial charge in [0.05, 0.1) is 11.5 Å². The van der Waals surface area contributed by atoms with E-state index in [-0.39, 0.29) is 12.0 Å². The van der Waals surface area contributed by atoms with Crippen LogP contribution in [0.2, 0.25) is 0 Å². The van der Waals surface area contributed by atoms with Crippen molar-refractivity contribution in [2.45, 2.75) is 25.2 Å². The summed E-state index contributed by atoms with van der Waals surface area (Å²) in [5.74, 6) is -4.28. The summed E-state index contributed by atoms with van der Waals surface area (Å²) in [6, 6.07) is 11.9. The number of rotatable bonds is 3. The predicted octanol–water partition coefficient (Wildman–Crippen LogP) is 4.48. The molecular weight excluding hydrogens is 274 g/mol. The zero-order valence-corrected chi connectivity index (χ0v) is 11.4. The third kappa shape index (κ3) is 2.53. The van der Waals surface area contributed by atoms with Gasteiger partial charge in [0.1, 0.15) is 0 Å². The minimum Gasteiger partial charge on any atom is -0.478 e. The highest BCUT2D eigenvalue weighted by molar-refractivity contribution is 5.96. The molecule has 21 heavy (non-hydrogen) atoms. The molecule has 1 unspecified atom stereocenters. The van der Waals surface area contributed by atoms with Gasteiger partial charge in [0.15, 0.2) is 0 Å². The van der Waals surface area contributed by atoms with E-state index in [0.29, 0.717) is 11.1 Å². The lowest BCUT2D eigenvalue weighted by molar-refractivity contribution is 0.0697. The van der Waals surface area contributed by atoms with Gasteiger partial charge < -0.3 is 5.11 Å². The maximum Gasteiger partial charge on any atom is 0.336 e. The Morgan fingerprint density at radius 3 is 2.33 bits per heavy atom. The van der Waals surface area contributed by atoms with Crippen molar-refractivity contribution < 1.29 is 18.7 Å². The Bertz CT molecular complexity index is 705. The molecule has 0 bridgehead atoms. The second kappa shape index (κ2) is 4.65. The lowest BCUT2D eigenvalue weighted by Gasteiger charge is -2.09. The van der Waals surface area contributed by atoms with Crippen molar-refractivity contribution >= 4 is 5.97 Å². The third-order valence-corrected chi connectivity index (χ3v) is 3.86. The summed E-state index contributed by atoms with van der Waals surface area (Å²) >= 11 is 0. The first-order chi connectivity index (χ1) is 9.88. The van der Waals surface area contributed by atoms with Crippen LogP contribution in [0.1, 0.15) is 33.8 Å². The summed E-state index contributed by atoms with van der Waals surface area (Å²) < 4.78 is 26.1. The Hall–Kier alpha value is -2.23. The number of halogens is 2. The SMILES string of the molecule is Cc1ccc(C(=O)O)c(-c2ccc(C3CC3(F)F)cc2)c1. The molecule has 1 aliphatic rings. The van der Waals surface area contributed by atoms with Gasteiger partial charge in [0.25, 0.3) is 5.92 Å². The molecule has 0 radical (unpaired) electrons. The Balaban J connectivity index is 1.98. The van der Waals surface area contributed by atoms with Crippen molar-refractivity contribution in [3.05, 3.63) is 59.2 Å². The van der Waals surface area contributed by atoms with E-state index in [2.05, 4.69) is 0 Å². The highest BCUT2D eigenvalue weighted by Crippen LogP contribution is 2.55. The highest BCUT2D eigenvalue weighted by Gasteiger charge is 2.57. The van der Waals surface area contributed by atoms with Crippen LogP contribution < -0.4 is 0 Å². The molecule has 3 rings (SSSR count). The van der Waals surface area contributed by atoms with Gasteiger partial charge in [-0.15, -0.1) is 0 Å². The van der Waals surface area contributed by atoms with E-state index in [1.54, 1.807) is 42.5 Å². The predicted molar refractivity (Wildman–Crippen MR) is 75.9 cm³/mol. The maximum absolute atomic E-state index is 13.1. The minimum atomic E-state index is -2.59. The third-order valence-electron chi connectivity index (χ3n) is 3.86. The molecule has 1 atom stereocenters. The first-order valence-electron chi connectivity index (χ1n) is 6.70. The van der Waals surface area contributed by atoms with Gasteiger partial charge in [-0.3, -0.25) is 0 Å². The van der Waals surface area contributed by atoms with E-state index in [9.17, 15) is 18.7 Å². The van der Waals surface area contributed by atoms with Crippen LogP contribution in [0, 0.1) is 6.92 Å². The molecule has 2 nitrogen and oxygen atoms in total. The molecule has 2 aromatic rings. The summed E-state index contributed by atoms with van der Waals surface area (Å²) in [5, 5.41) is 9.24. The minimum absolute atomic E-state index is 0.100. The van der Waals surface area contributed by atoms with Gasteiger partial charge in [-0.2, -0.15) is 0 Å². The molecule has 0 aromatic heterocycles. The van der Waals surface area contributed by atoms with Crippen molar-refractivity contribution in [2.75, 3.05) is 0 Å². The molecule has 2 aromatic carbocycles. The first kappa shape index (κ1) is 13.7. The summed E-state index contributed by atoms with van der Waals surface area (Å²) in [6.45, 7) is 1.88. The molecule has 1 N–H and O–H groups in total. The van der Waals surface area contributed by atoms with Crippen LogP contribution in [0.5, 0.6) is 0 Å². The molecule has 0 amide bonds. The Kier molecular flexibility index (Phi) is 3.04. The molecule has 108 valence electrons. The van der Waals surface area contributed by atoms with Gasteiger partial charge in [0.2, 0.25) is 0 Å². The normalized spacial score (nSPS) is 19.3. The highest BCUT2D eigenvalue weighted by atomic mass is 19.3. The summed E-state index contributed by atoms with van der Waals surface area (Å²) in [4.78, 5) is 11.3. The van der Waals surface area contributed by atoms with Crippen LogP contribution >= 0.6 is 0 Å². The van der Waals surface area contributed by atoms with Crippen molar-refractivity contribution in [3.8, 4) is 11.1 Å². The largest absolute Gasteiger partial charge is 0.478 e. The standard InChI is InChI=1S/C17H14F2O2/c1-10-2-7-13(16(20)21)14(8-10)11-3-5-12(6-4-11)15-9-17(15,18)19/h2-8,15H,9H2,1H3,(H,20,21). The van der Waals surface area contributed by atoms with Crippen LogP contribution in [-0.4, -0.2) is 17.0 Å². The molecule has 4 heteroatoms. The quantitative estimate of drug-likeness (QED) is 0.904. The number of hydrogen-bond acceptors (Lipinski definition) is 1. The second-order valence-electron chi connectivity index (χ2n) is 5.49. The Morgan fingerprint density at radius 1 is 1.19 bits per heavy atom. The van der Waals surface area contributed by atoms with Crippen LogP contribution in [0.3, 0.4) is 0 Å². The molecule has 0 aliphatic heterocycles. The Morgan fingerprint density at radius 2 is 1.81 bits per heavy atom. The van der Waals surface area contributed by atoms with Crippen molar-refractivity contribution in [1.29, 1.82) is 0 Å². The van der Waals surface area contributed by atoms with Gasteiger partial charge in [0, 0.05) is 6.42 Å². The van der Waals surface area contributed by atoms with E-state index >= 15 is 0 Å². The first-order valence-corrected chi connectivity index (χ1v) is 6.70. The van der Waals surface area contributed by atoms with Crippen LogP contribution in [0.25, 0.3) is 11.1 Å². The molecule has 0 spiro atoms. The number of aromatic carboxylic acids is 1. The second-order valence-corrected chi connectivity index (χ2v) is 5.49. The van der Waals surface area contributed by atoms with Gasteiger partial charge >= 0.3 is 5.97 Å². The van der Waals surface area contributed by atoms with Crippen molar-refractivity contribution in [1.82, 2.24) is 0 Å². The van der Waals surface area contributed by atoms with Crippen LogP contribution in [0.15, 0.2) is 42.5 Å². The maximum atomic E-state index is 13.1. The molecule has 0 heterocycles. The lowest BCUT2D eigenvalue weighted by Crippen LogP contribution is -2.00. The molecule has 1 fully saturated rings. The number of carbonyl (C=O) groups is 1. The van der Waals surface area contributed by atoms with E-state index in [4.69, 9.17) is 0 Å². The lowest BCUT2D eigenvalue weighted by atomic mass is 9.96. The zero-order chi connectivity index (χ0) is 15.2. The monoisotopic (exact) mass is 288 g/mol. The summed E-state index contributed by atoms with van der Waals surface area (Å²) in [5.41, 5.74) is 3.10. The van der Waals surface area contributed by atoms with E-state index < -0.39 is 17.8 Å². The number of carboxylic acid groups (broad SMARTS) is 1. The smallest absolute Gasteiger partial charge is 0.336 e. The fourth-order valence-electron chi connectivity index (χ4n) is 2.55. The fraction of sp³-hybridized carbons (Fsp3) is 0.235. The van der Waals surface area contributed by atoms with E-state index in [0.717, 1.165) is 11.1 Å². The number of carboxylic acids is 1. The van der Waals surface area contributed by atoms with Crippen molar-refractivity contribution in [3.63, 3.8) is 0 Å². The summed E-state index contributed by atoms with van der Waals surface area (Å²) in [6.07, 6.45) is -0.100. The number of aryl methyl sites for hydroxylation is 1. The zero-order valence-electron chi connectivity index (χ0n) is 11.4. The average molecular weight is 288 g/mol. The van der Waals surface area contributed by atoms with Crippen LogP contribution in [-0.2, 0) is 0 Å². The van der Waals surface area contributed by atoms with Gasteiger partial charge in [-0.1, -0.05) is 42.0 Å². The number of benzene rings is 2. The molecule has 0 saturated heterocycles. The van der Waals surface area contributed by atoms with Crippen LogP contribution in [0.4, 0.5) is 8.78 Å². The van der Waals surface area contributed by atoms with E-state index in [1.165, 1.54) is 0 Å². The van der Waals surface area contributed by atoms with E-state index in [1.807, 2.05) is 6.92 Å². The molecule has 1 saturated carbocycles. The number of hydrogen-bond donors (Lipinski definition) is 1. The number of alkyl halides is 2. The topological polar surface area (TPSA) is 37.3 Å². The molecular formula is C17H14F2O2. The fourth-order valence-corrected chi connectivity index (χ4v) is 2.55. The average Bonchev–Trinajstić information content (AvgIpc) is 3.07. The summed E-state index contributed by atoms with van der Waals surface area (Å²) in [7, 11) is 0. The van der Waals surface area contributed by atoms with Gasteiger partial charge in [-0.05, 0) is 29.7 Å². The van der Waals surface area contributed by atoms with Gasteiger partial charge in [-0.25, -0.2) is 13.6 Å².